The number of Topliss-reactive ketones (excluding diaryl/α,β-unsaturated/α-hetero) is 1. The van der Waals surface area contributed by atoms with Crippen molar-refractivity contribution >= 4 is 21.7 Å². The molecule has 6 nitrogen and oxygen atoms in total. The van der Waals surface area contributed by atoms with Crippen molar-refractivity contribution in [1.82, 2.24) is 0 Å². The summed E-state index contributed by atoms with van der Waals surface area (Å²) in [6.45, 7) is 0. The molecule has 0 unspecified atom stereocenters. The molecule has 2 aromatic carbocycles. The van der Waals surface area contributed by atoms with Crippen molar-refractivity contribution in [1.29, 1.82) is 0 Å². The lowest BCUT2D eigenvalue weighted by atomic mass is 10.0. The zero-order valence-corrected chi connectivity index (χ0v) is 16.5. The minimum absolute atomic E-state index is 0.127. The number of carbonyl (C=O) groups is 1. The number of ether oxygens (including phenoxy) is 5. The van der Waals surface area contributed by atoms with Gasteiger partial charge in [0.2, 0.25) is 0 Å². The first kappa shape index (κ1) is 18.5. The highest BCUT2D eigenvalue weighted by molar-refractivity contribution is 9.10. The van der Waals surface area contributed by atoms with Crippen LogP contribution in [0.4, 0.5) is 0 Å². The fraction of sp³-hybridized carbons (Fsp3) is 0.316. The largest absolute Gasteiger partial charge is 0.493 e. The molecule has 26 heavy (non-hydrogen) atoms. The van der Waals surface area contributed by atoms with E-state index in [1.165, 1.54) is 7.11 Å². The molecule has 7 heteroatoms. The molecule has 0 amide bonds. The molecule has 1 saturated heterocycles. The van der Waals surface area contributed by atoms with Crippen molar-refractivity contribution in [2.45, 2.75) is 12.2 Å². The SMILES string of the molecule is COc1ccc([C@@H]2O[C@@H]2C(=O)c2cc(OC)c(OC)cc2Br)cc1OC. The molecule has 2 aromatic rings. The van der Waals surface area contributed by atoms with E-state index in [2.05, 4.69) is 15.9 Å². The lowest BCUT2D eigenvalue weighted by Gasteiger charge is -2.11. The van der Waals surface area contributed by atoms with Gasteiger partial charge in [0.1, 0.15) is 6.10 Å². The molecule has 0 bridgehead atoms. The third-order valence-corrected chi connectivity index (χ3v) is 4.88. The Balaban J connectivity index is 1.83. The number of hydrogen-bond acceptors (Lipinski definition) is 6. The zero-order chi connectivity index (χ0) is 18.8. The first-order valence-corrected chi connectivity index (χ1v) is 8.66. The lowest BCUT2D eigenvalue weighted by molar-refractivity contribution is 0.0952. The Morgan fingerprint density at radius 2 is 1.46 bits per heavy atom. The molecular formula is C19H19BrO6. The average Bonchev–Trinajstić information content (AvgIpc) is 3.47. The molecule has 0 aliphatic carbocycles. The maximum Gasteiger partial charge on any atom is 0.195 e. The second-order valence-corrected chi connectivity index (χ2v) is 6.50. The quantitative estimate of drug-likeness (QED) is 0.499. The second-order valence-electron chi connectivity index (χ2n) is 5.64. The molecule has 1 aliphatic rings. The summed E-state index contributed by atoms with van der Waals surface area (Å²) in [7, 11) is 6.22. The van der Waals surface area contributed by atoms with Gasteiger partial charge in [-0.25, -0.2) is 0 Å². The normalized spacial score (nSPS) is 18.2. The Hall–Kier alpha value is -2.25. The predicted octanol–water partition coefficient (Wildman–Crippen LogP) is 3.81. The fourth-order valence-electron chi connectivity index (χ4n) is 2.79. The number of halogens is 1. The van der Waals surface area contributed by atoms with Crippen molar-refractivity contribution in [3.63, 3.8) is 0 Å². The molecule has 3 rings (SSSR count). The summed E-state index contributed by atoms with van der Waals surface area (Å²) in [6, 6.07) is 8.84. The van der Waals surface area contributed by atoms with Crippen LogP contribution in [-0.2, 0) is 4.74 Å². The van der Waals surface area contributed by atoms with E-state index in [-0.39, 0.29) is 11.9 Å². The molecule has 1 fully saturated rings. The van der Waals surface area contributed by atoms with Gasteiger partial charge in [0.15, 0.2) is 34.9 Å². The average molecular weight is 423 g/mol. The number of benzene rings is 2. The highest BCUT2D eigenvalue weighted by Crippen LogP contribution is 2.45. The van der Waals surface area contributed by atoms with E-state index >= 15 is 0 Å². The fourth-order valence-corrected chi connectivity index (χ4v) is 3.31. The van der Waals surface area contributed by atoms with Gasteiger partial charge in [-0.1, -0.05) is 6.07 Å². The molecule has 1 aliphatic heterocycles. The van der Waals surface area contributed by atoms with Crippen LogP contribution in [-0.4, -0.2) is 40.3 Å². The Bertz CT molecular complexity index is 835. The Labute approximate surface area is 160 Å². The van der Waals surface area contributed by atoms with Crippen LogP contribution in [0.2, 0.25) is 0 Å². The summed E-state index contributed by atoms with van der Waals surface area (Å²) in [5.41, 5.74) is 1.34. The van der Waals surface area contributed by atoms with Crippen LogP contribution >= 0.6 is 15.9 Å². The topological polar surface area (TPSA) is 66.5 Å². The summed E-state index contributed by atoms with van der Waals surface area (Å²) in [4.78, 5) is 12.8. The first-order valence-electron chi connectivity index (χ1n) is 7.87. The predicted molar refractivity (Wildman–Crippen MR) is 98.7 cm³/mol. The Morgan fingerprint density at radius 1 is 0.885 bits per heavy atom. The second kappa shape index (κ2) is 7.55. The van der Waals surface area contributed by atoms with Crippen molar-refractivity contribution in [3.05, 3.63) is 45.9 Å². The van der Waals surface area contributed by atoms with Gasteiger partial charge in [-0.05, 0) is 45.8 Å². The molecule has 0 N–H and O–H groups in total. The summed E-state index contributed by atoms with van der Waals surface area (Å²) in [5, 5.41) is 0. The van der Waals surface area contributed by atoms with Crippen LogP contribution in [0, 0.1) is 0 Å². The van der Waals surface area contributed by atoms with Gasteiger partial charge in [0, 0.05) is 10.0 Å². The summed E-state index contributed by atoms with van der Waals surface area (Å²) < 4.78 is 27.3. The summed E-state index contributed by atoms with van der Waals surface area (Å²) in [6.07, 6.45) is -0.871. The smallest absolute Gasteiger partial charge is 0.195 e. The number of ketones is 1. The highest BCUT2D eigenvalue weighted by Gasteiger charge is 2.47. The van der Waals surface area contributed by atoms with Crippen LogP contribution in [0.25, 0.3) is 0 Å². The number of hydrogen-bond donors (Lipinski definition) is 0. The van der Waals surface area contributed by atoms with Gasteiger partial charge in [0.25, 0.3) is 0 Å². The summed E-state index contributed by atoms with van der Waals surface area (Å²) >= 11 is 3.42. The van der Waals surface area contributed by atoms with E-state index in [1.807, 2.05) is 12.1 Å². The third kappa shape index (κ3) is 3.37. The monoisotopic (exact) mass is 422 g/mol. The van der Waals surface area contributed by atoms with Crippen molar-refractivity contribution < 1.29 is 28.5 Å². The van der Waals surface area contributed by atoms with E-state index in [0.717, 1.165) is 5.56 Å². The summed E-state index contributed by atoms with van der Waals surface area (Å²) in [5.74, 6) is 2.13. The number of carbonyl (C=O) groups excluding carboxylic acids is 1. The van der Waals surface area contributed by atoms with Crippen LogP contribution in [0.3, 0.4) is 0 Å². The highest BCUT2D eigenvalue weighted by atomic mass is 79.9. The molecule has 0 saturated carbocycles. The van der Waals surface area contributed by atoms with Gasteiger partial charge in [-0.15, -0.1) is 0 Å². The third-order valence-electron chi connectivity index (χ3n) is 4.22. The zero-order valence-electron chi connectivity index (χ0n) is 14.9. The van der Waals surface area contributed by atoms with Crippen LogP contribution in [0.15, 0.2) is 34.8 Å². The molecule has 0 spiro atoms. The Morgan fingerprint density at radius 3 is 2.08 bits per heavy atom. The molecule has 0 aromatic heterocycles. The van der Waals surface area contributed by atoms with Crippen molar-refractivity contribution in [2.24, 2.45) is 0 Å². The van der Waals surface area contributed by atoms with Crippen LogP contribution in [0.1, 0.15) is 22.0 Å². The van der Waals surface area contributed by atoms with E-state index in [9.17, 15) is 4.79 Å². The maximum absolute atomic E-state index is 12.8. The van der Waals surface area contributed by atoms with E-state index < -0.39 is 6.10 Å². The first-order chi connectivity index (χ1) is 12.5. The van der Waals surface area contributed by atoms with Crippen molar-refractivity contribution in [3.8, 4) is 23.0 Å². The van der Waals surface area contributed by atoms with E-state index in [1.54, 1.807) is 39.5 Å². The maximum atomic E-state index is 12.8. The van der Waals surface area contributed by atoms with Gasteiger partial charge < -0.3 is 23.7 Å². The molecule has 0 radical (unpaired) electrons. The Kier molecular flexibility index (Phi) is 5.38. The van der Waals surface area contributed by atoms with Crippen molar-refractivity contribution in [2.75, 3.05) is 28.4 Å². The molecule has 138 valence electrons. The number of methoxy groups -OCH3 is 4. The van der Waals surface area contributed by atoms with E-state index in [0.29, 0.717) is 33.0 Å². The van der Waals surface area contributed by atoms with Gasteiger partial charge >= 0.3 is 0 Å². The van der Waals surface area contributed by atoms with E-state index in [4.69, 9.17) is 23.7 Å². The standard InChI is InChI=1S/C19H19BrO6/c1-22-13-6-5-10(7-14(13)23-2)18-19(26-18)17(21)11-8-15(24-3)16(25-4)9-12(11)20/h5-9,18-19H,1-4H3/t18-,19+/m0/s1. The van der Waals surface area contributed by atoms with Crippen LogP contribution < -0.4 is 18.9 Å². The van der Waals surface area contributed by atoms with Crippen LogP contribution in [0.5, 0.6) is 23.0 Å². The molecular weight excluding hydrogens is 404 g/mol. The minimum Gasteiger partial charge on any atom is -0.493 e. The number of epoxide rings is 1. The molecule has 2 atom stereocenters. The van der Waals surface area contributed by atoms with Gasteiger partial charge in [0.05, 0.1) is 28.4 Å². The van der Waals surface area contributed by atoms with Gasteiger partial charge in [-0.2, -0.15) is 0 Å². The number of rotatable bonds is 7. The minimum atomic E-state index is -0.553. The molecule has 1 heterocycles. The van der Waals surface area contributed by atoms with Gasteiger partial charge in [-0.3, -0.25) is 4.79 Å². The lowest BCUT2D eigenvalue weighted by Crippen LogP contribution is -2.10.